The molecule has 0 amide bonds. The summed E-state index contributed by atoms with van der Waals surface area (Å²) < 4.78 is 91.5. The molecule has 0 heterocycles. The molecule has 0 saturated heterocycles. The van der Waals surface area contributed by atoms with Gasteiger partial charge in [0, 0.05) is 0 Å². The molecule has 37 heavy (non-hydrogen) atoms. The van der Waals surface area contributed by atoms with Crippen molar-refractivity contribution in [1.29, 1.82) is 0 Å². The first-order chi connectivity index (χ1) is 15.6. The molecule has 1 aliphatic carbocycles. The first-order valence-electron chi connectivity index (χ1n) is 7.94. The minimum absolute atomic E-state index is 0. The van der Waals surface area contributed by atoms with Gasteiger partial charge in [-0.15, -0.1) is 0 Å². The molecule has 8 N–H and O–H groups in total. The Kier molecular flexibility index (Phi) is 13.5. The van der Waals surface area contributed by atoms with Crippen molar-refractivity contribution < 1.29 is 133 Å². The van der Waals surface area contributed by atoms with Gasteiger partial charge in [-0.25, -0.2) is 9.13 Å². The molecule has 0 aromatic heterocycles. The molecular weight excluding hydrogens is 741 g/mol. The first-order valence-corrected chi connectivity index (χ1v) is 17.0. The average molecular weight is 755 g/mol. The van der Waals surface area contributed by atoms with E-state index in [0.717, 1.165) is 0 Å². The van der Waals surface area contributed by atoms with E-state index in [0.29, 0.717) is 0 Å². The molecule has 1 aliphatic rings. The number of hydrogen-bond donors (Lipinski definition) is 8. The predicted molar refractivity (Wildman–Crippen MR) is 92.6 cm³/mol. The van der Waals surface area contributed by atoms with Crippen molar-refractivity contribution in [3.8, 4) is 0 Å². The minimum Gasteiger partial charge on any atom is -0.756 e. The summed E-state index contributed by atoms with van der Waals surface area (Å²) in [5.74, 6) is 0. The largest absolute Gasteiger partial charge is 4.00 e. The summed E-state index contributed by atoms with van der Waals surface area (Å²) in [5.41, 5.74) is 0. The van der Waals surface area contributed by atoms with Crippen molar-refractivity contribution in [1.82, 2.24) is 0 Å². The fourth-order valence-corrected chi connectivity index (χ4v) is 6.08. The zero-order valence-electron chi connectivity index (χ0n) is 16.6. The monoisotopic (exact) mass is 755 g/mol. The van der Waals surface area contributed by atoms with E-state index in [1.54, 1.807) is 0 Å². The second kappa shape index (κ2) is 13.1. The summed E-state index contributed by atoms with van der Waals surface area (Å²) in [6.45, 7) is 0. The molecule has 0 aromatic rings. The fourth-order valence-electron chi connectivity index (χ4n) is 2.77. The van der Waals surface area contributed by atoms with Gasteiger partial charge in [-0.1, -0.05) is 0 Å². The van der Waals surface area contributed by atoms with E-state index >= 15 is 0 Å². The van der Waals surface area contributed by atoms with Gasteiger partial charge in [-0.3, -0.25) is 27.3 Å². The Hall–Kier alpha value is 1.31. The zero-order chi connectivity index (χ0) is 28.7. The fraction of sp³-hybridized carbons (Fsp3) is 1.00. The number of rotatable bonds is 12. The molecule has 219 valence electrons. The topological polar surface area (TPSA) is 412 Å². The van der Waals surface area contributed by atoms with Crippen LogP contribution in [0.4, 0.5) is 0 Å². The van der Waals surface area contributed by atoms with Gasteiger partial charge in [-0.05, 0) is 0 Å². The number of phosphoric acid groups is 6. The van der Waals surface area contributed by atoms with Crippen LogP contribution in [0.25, 0.3) is 0 Å². The summed E-state index contributed by atoms with van der Waals surface area (Å²) in [7, 11) is -37.4. The standard InChI is InChI=1S/C6H18O24P6.Tc/c7-31(8,9)25-1-2(26-32(10,11)12)4(28-34(16,17)18)6(30-36(22,23)24)5(29-35(19,20)21)3(1)27-33(13,14)15;/h1-6H,(H2,7,8,9)(H2,10,11,12)(H2,13,14,15)(H2,16,17,18)(H2,19,20,21)(H2,22,23,24);/q;+4/p-4/t1-,2-,3?,4?,5-,6-;/i;1+1. The Morgan fingerprint density at radius 1 is 0.378 bits per heavy atom. The van der Waals surface area contributed by atoms with E-state index in [2.05, 4.69) is 27.1 Å². The third-order valence-corrected chi connectivity index (χ3v) is 6.56. The molecule has 0 spiro atoms. The van der Waals surface area contributed by atoms with Gasteiger partial charge in [0.05, 0.1) is 0 Å². The Bertz CT molecular complexity index is 824. The number of phosphoric ester groups is 6. The molecule has 31 heteroatoms. The molecule has 1 fully saturated rings. The smallest absolute Gasteiger partial charge is 0.756 e. The van der Waals surface area contributed by atoms with Gasteiger partial charge in [0.25, 0.3) is 31.3 Å². The van der Waals surface area contributed by atoms with E-state index in [1.807, 2.05) is 0 Å². The Morgan fingerprint density at radius 3 is 0.622 bits per heavy atom. The van der Waals surface area contributed by atoms with Crippen LogP contribution >= 0.6 is 46.9 Å². The van der Waals surface area contributed by atoms with Crippen LogP contribution in [0.5, 0.6) is 0 Å². The second-order valence-electron chi connectivity index (χ2n) is 6.28. The Balaban J connectivity index is 0.0000130. The van der Waals surface area contributed by atoms with Crippen molar-refractivity contribution in [2.45, 2.75) is 36.6 Å². The van der Waals surface area contributed by atoms with E-state index in [4.69, 9.17) is 39.1 Å². The minimum atomic E-state index is -6.31. The van der Waals surface area contributed by atoms with E-state index in [9.17, 15) is 47.0 Å². The maximum absolute atomic E-state index is 11.4. The van der Waals surface area contributed by atoms with E-state index in [-0.39, 0.29) is 20.1 Å². The molecule has 1 saturated carbocycles. The van der Waals surface area contributed by atoms with Crippen LogP contribution in [0, 0.1) is 0 Å². The second-order valence-corrected chi connectivity index (χ2v) is 13.3. The van der Waals surface area contributed by atoms with Crippen molar-refractivity contribution in [2.24, 2.45) is 0 Å². The maximum atomic E-state index is 11.4. The molecule has 0 bridgehead atoms. The van der Waals surface area contributed by atoms with Gasteiger partial charge in [0.1, 0.15) is 36.6 Å². The van der Waals surface area contributed by atoms with Crippen LogP contribution in [0.15, 0.2) is 0 Å². The molecule has 1 rings (SSSR count). The molecule has 0 aromatic carbocycles. The normalized spacial score (nSPS) is 33.7. The molecule has 1 radical (unpaired) electrons. The average Bonchev–Trinajstić information content (AvgIpc) is 2.51. The van der Waals surface area contributed by atoms with Gasteiger partial charge >= 0.3 is 35.8 Å². The van der Waals surface area contributed by atoms with Crippen molar-refractivity contribution in [3.63, 3.8) is 0 Å². The van der Waals surface area contributed by atoms with Crippen LogP contribution in [-0.4, -0.2) is 75.8 Å². The Morgan fingerprint density at radius 2 is 0.514 bits per heavy atom. The third-order valence-electron chi connectivity index (χ3n) is 3.48. The van der Waals surface area contributed by atoms with E-state index < -0.39 is 83.6 Å². The van der Waals surface area contributed by atoms with Crippen molar-refractivity contribution in [3.05, 3.63) is 0 Å². The molecule has 24 nitrogen and oxygen atoms in total. The van der Waals surface area contributed by atoms with Crippen LogP contribution in [-0.2, 0) is 74.6 Å². The third kappa shape index (κ3) is 15.2. The summed E-state index contributed by atoms with van der Waals surface area (Å²) in [5, 5.41) is 0. The molecule has 0 aliphatic heterocycles. The van der Waals surface area contributed by atoms with Gasteiger partial charge < -0.3 is 76.8 Å². The van der Waals surface area contributed by atoms with Crippen molar-refractivity contribution >= 4 is 46.9 Å². The summed E-state index contributed by atoms with van der Waals surface area (Å²) >= 11 is 0. The van der Waals surface area contributed by atoms with Crippen LogP contribution in [0.3, 0.4) is 0 Å². The molecule has 6 unspecified atom stereocenters. The van der Waals surface area contributed by atoms with Crippen LogP contribution in [0.2, 0.25) is 0 Å². The predicted octanol–water partition coefficient (Wildman–Crippen LogP) is -5.66. The molecular formula is C6H14O24P6Tc. The zero-order valence-corrected chi connectivity index (χ0v) is 23.9. The van der Waals surface area contributed by atoms with Crippen LogP contribution in [0.1, 0.15) is 0 Å². The quantitative estimate of drug-likeness (QED) is 0.0860. The van der Waals surface area contributed by atoms with Crippen LogP contribution < -0.4 is 19.6 Å². The van der Waals surface area contributed by atoms with Crippen molar-refractivity contribution in [2.75, 3.05) is 0 Å². The Labute approximate surface area is 217 Å². The summed E-state index contributed by atoms with van der Waals surface area (Å²) in [6, 6.07) is 0. The van der Waals surface area contributed by atoms with E-state index in [1.165, 1.54) is 0 Å². The number of hydrogen-bond acceptors (Lipinski definition) is 16. The van der Waals surface area contributed by atoms with Gasteiger partial charge in [0.15, 0.2) is 0 Å². The maximum Gasteiger partial charge on any atom is 4.00 e. The SMILES string of the molecule is O=P([O-])(O)O[C@@H]1C(OP(=O)(O)O)[C@H](OP(=O)([O-])O)[C@@H](OP(=O)([O-])O)C(OP(=O)(O)O)[C@H]1OP(=O)([O-])O.[99Tc+4]. The van der Waals surface area contributed by atoms with Gasteiger partial charge in [-0.2, -0.15) is 0 Å². The summed E-state index contributed by atoms with van der Waals surface area (Å²) in [4.78, 5) is 117. The first kappa shape index (κ1) is 38.3. The molecule has 10 atom stereocenters. The summed E-state index contributed by atoms with van der Waals surface area (Å²) in [6.07, 6.45) is -19.7. The van der Waals surface area contributed by atoms with Gasteiger partial charge in [0.2, 0.25) is 0 Å².